The molecule has 4 nitrogen and oxygen atoms in total. The van der Waals surface area contributed by atoms with Gasteiger partial charge in [-0.25, -0.2) is 5.43 Å². The third kappa shape index (κ3) is 25.2. The molecule has 31 heavy (non-hydrogen) atoms. The fraction of sp³-hybridized carbons (Fsp3) is 0.926. The Labute approximate surface area is 194 Å². The zero-order valence-corrected chi connectivity index (χ0v) is 21.3. The van der Waals surface area contributed by atoms with E-state index in [2.05, 4.69) is 31.3 Å². The number of hydrazone groups is 1. The summed E-state index contributed by atoms with van der Waals surface area (Å²) >= 11 is 0. The Morgan fingerprint density at radius 3 is 1.74 bits per heavy atom. The van der Waals surface area contributed by atoms with E-state index in [4.69, 9.17) is 4.74 Å². The van der Waals surface area contributed by atoms with Gasteiger partial charge in [-0.2, -0.15) is 5.10 Å². The molecule has 0 aromatic heterocycles. The van der Waals surface area contributed by atoms with E-state index in [1.165, 1.54) is 96.3 Å². The molecule has 1 amide bonds. The van der Waals surface area contributed by atoms with Crippen LogP contribution in [0.25, 0.3) is 0 Å². The Morgan fingerprint density at radius 1 is 0.774 bits per heavy atom. The van der Waals surface area contributed by atoms with Crippen LogP contribution in [-0.2, 0) is 9.53 Å². The summed E-state index contributed by atoms with van der Waals surface area (Å²) in [6, 6.07) is 0. The minimum absolute atomic E-state index is 0.000292. The second kappa shape index (κ2) is 25.4. The molecule has 0 fully saturated rings. The van der Waals surface area contributed by atoms with Crippen LogP contribution in [0.4, 0.5) is 0 Å². The number of unbranched alkanes of at least 4 members (excludes halogenated alkanes) is 15. The number of carbonyl (C=O) groups excluding carboxylic acids is 1. The lowest BCUT2D eigenvalue weighted by atomic mass is 10.0. The number of carbonyl (C=O) groups is 1. The minimum Gasteiger partial charge on any atom is -0.381 e. The van der Waals surface area contributed by atoms with Crippen LogP contribution >= 0.6 is 0 Å². The molecule has 184 valence electrons. The van der Waals surface area contributed by atoms with Crippen molar-refractivity contribution in [2.24, 2.45) is 11.0 Å². The topological polar surface area (TPSA) is 50.7 Å². The molecule has 1 N–H and O–H groups in total. The van der Waals surface area contributed by atoms with Crippen LogP contribution in [0.2, 0.25) is 0 Å². The second-order valence-corrected chi connectivity index (χ2v) is 9.27. The molecule has 0 radical (unpaired) electrons. The Morgan fingerprint density at radius 2 is 1.26 bits per heavy atom. The van der Waals surface area contributed by atoms with Crippen molar-refractivity contribution in [3.05, 3.63) is 0 Å². The quantitative estimate of drug-likeness (QED) is 0.0937. The van der Waals surface area contributed by atoms with Crippen molar-refractivity contribution < 1.29 is 9.53 Å². The molecule has 0 spiro atoms. The van der Waals surface area contributed by atoms with Gasteiger partial charge in [0.15, 0.2) is 0 Å². The lowest BCUT2D eigenvalue weighted by Crippen LogP contribution is -2.19. The predicted octanol–water partition coefficient (Wildman–Crippen LogP) is 8.19. The lowest BCUT2D eigenvalue weighted by Gasteiger charge is -2.05. The summed E-state index contributed by atoms with van der Waals surface area (Å²) in [6.07, 6.45) is 26.3. The van der Waals surface area contributed by atoms with Gasteiger partial charge in [0.05, 0.1) is 6.61 Å². The number of nitrogens with one attached hydrogen (secondary N) is 1. The van der Waals surface area contributed by atoms with Gasteiger partial charge in [-0.3, -0.25) is 4.79 Å². The zero-order valence-electron chi connectivity index (χ0n) is 21.3. The maximum Gasteiger partial charge on any atom is 0.240 e. The lowest BCUT2D eigenvalue weighted by molar-refractivity contribution is -0.121. The Hall–Kier alpha value is -0.900. The first kappa shape index (κ1) is 30.1. The largest absolute Gasteiger partial charge is 0.381 e. The van der Waals surface area contributed by atoms with Gasteiger partial charge in [0.1, 0.15) is 0 Å². The predicted molar refractivity (Wildman–Crippen MR) is 136 cm³/mol. The van der Waals surface area contributed by atoms with E-state index in [0.29, 0.717) is 18.9 Å². The molecular formula is C27H54N2O2. The van der Waals surface area contributed by atoms with Gasteiger partial charge in [-0.05, 0) is 12.3 Å². The molecule has 1 unspecified atom stereocenters. The number of hydrogen-bond acceptors (Lipinski definition) is 3. The van der Waals surface area contributed by atoms with Gasteiger partial charge >= 0.3 is 0 Å². The van der Waals surface area contributed by atoms with Crippen LogP contribution in [0.5, 0.6) is 0 Å². The van der Waals surface area contributed by atoms with Crippen molar-refractivity contribution in [1.29, 1.82) is 0 Å². The highest BCUT2D eigenvalue weighted by atomic mass is 16.5. The molecule has 4 heteroatoms. The van der Waals surface area contributed by atoms with E-state index in [9.17, 15) is 4.79 Å². The highest BCUT2D eigenvalue weighted by molar-refractivity contribution is 5.76. The van der Waals surface area contributed by atoms with Crippen molar-refractivity contribution in [2.75, 3.05) is 13.2 Å². The third-order valence-electron chi connectivity index (χ3n) is 6.04. The van der Waals surface area contributed by atoms with Crippen molar-refractivity contribution in [3.63, 3.8) is 0 Å². The van der Waals surface area contributed by atoms with E-state index in [-0.39, 0.29) is 5.91 Å². The highest BCUT2D eigenvalue weighted by Gasteiger charge is 2.05. The van der Waals surface area contributed by atoms with Crippen LogP contribution in [0.15, 0.2) is 5.10 Å². The van der Waals surface area contributed by atoms with Crippen molar-refractivity contribution in [3.8, 4) is 0 Å². The van der Waals surface area contributed by atoms with Gasteiger partial charge in [0.25, 0.3) is 0 Å². The van der Waals surface area contributed by atoms with Crippen LogP contribution in [0.3, 0.4) is 0 Å². The molecule has 0 heterocycles. The standard InChI is InChI=1S/C27H54N2O2/c1-4-6-7-8-9-10-11-12-13-14-15-16-17-18-19-20-23-31-24-21-22-28-29-27(30)25-26(3)5-2/h22,26H,4-21,23-25H2,1-3H3,(H,29,30)/b28-22+. The summed E-state index contributed by atoms with van der Waals surface area (Å²) in [5.41, 5.74) is 2.58. The van der Waals surface area contributed by atoms with Gasteiger partial charge in [0.2, 0.25) is 5.91 Å². The van der Waals surface area contributed by atoms with Crippen LogP contribution in [0, 0.1) is 5.92 Å². The average molecular weight is 439 g/mol. The Bertz CT molecular complexity index is 399. The maximum absolute atomic E-state index is 11.6. The molecule has 0 aliphatic heterocycles. The van der Waals surface area contributed by atoms with E-state index in [0.717, 1.165) is 25.9 Å². The van der Waals surface area contributed by atoms with Crippen molar-refractivity contribution in [1.82, 2.24) is 5.43 Å². The summed E-state index contributed by atoms with van der Waals surface area (Å²) in [7, 11) is 0. The summed E-state index contributed by atoms with van der Waals surface area (Å²) in [4.78, 5) is 11.6. The van der Waals surface area contributed by atoms with E-state index >= 15 is 0 Å². The smallest absolute Gasteiger partial charge is 0.240 e. The summed E-state index contributed by atoms with van der Waals surface area (Å²) < 4.78 is 5.64. The number of ether oxygens (including phenoxy) is 1. The Kier molecular flexibility index (Phi) is 24.6. The molecule has 0 saturated heterocycles. The number of rotatable bonds is 24. The second-order valence-electron chi connectivity index (χ2n) is 9.27. The first-order chi connectivity index (χ1) is 15.2. The van der Waals surface area contributed by atoms with E-state index in [1.54, 1.807) is 6.21 Å². The molecule has 0 aromatic rings. The van der Waals surface area contributed by atoms with Gasteiger partial charge in [0, 0.05) is 25.7 Å². The molecule has 0 aliphatic rings. The summed E-state index contributed by atoms with van der Waals surface area (Å²) in [5, 5.41) is 3.97. The number of hydrogen-bond donors (Lipinski definition) is 1. The molecular weight excluding hydrogens is 384 g/mol. The molecule has 0 rings (SSSR count). The number of amides is 1. The van der Waals surface area contributed by atoms with Crippen LogP contribution < -0.4 is 5.43 Å². The van der Waals surface area contributed by atoms with Crippen LogP contribution in [0.1, 0.15) is 143 Å². The highest BCUT2D eigenvalue weighted by Crippen LogP contribution is 2.13. The van der Waals surface area contributed by atoms with Gasteiger partial charge in [-0.1, -0.05) is 124 Å². The fourth-order valence-corrected chi connectivity index (χ4v) is 3.68. The first-order valence-electron chi connectivity index (χ1n) is 13.6. The van der Waals surface area contributed by atoms with E-state index in [1.807, 2.05) is 0 Å². The molecule has 0 aromatic carbocycles. The van der Waals surface area contributed by atoms with E-state index < -0.39 is 0 Å². The van der Waals surface area contributed by atoms with Crippen molar-refractivity contribution in [2.45, 2.75) is 143 Å². The SMILES string of the molecule is CCCCCCCCCCCCCCCCCCOCC/C=N/NC(=O)CC(C)CC. The summed E-state index contributed by atoms with van der Waals surface area (Å²) in [6.45, 7) is 7.98. The fourth-order valence-electron chi connectivity index (χ4n) is 3.68. The third-order valence-corrected chi connectivity index (χ3v) is 6.04. The maximum atomic E-state index is 11.6. The monoisotopic (exact) mass is 438 g/mol. The van der Waals surface area contributed by atoms with Crippen LogP contribution in [-0.4, -0.2) is 25.3 Å². The Balaban J connectivity index is 3.15. The van der Waals surface area contributed by atoms with Gasteiger partial charge in [-0.15, -0.1) is 0 Å². The van der Waals surface area contributed by atoms with Crippen molar-refractivity contribution >= 4 is 12.1 Å². The number of nitrogens with zero attached hydrogens (tertiary/aromatic N) is 1. The first-order valence-corrected chi connectivity index (χ1v) is 13.6. The minimum atomic E-state index is -0.000292. The summed E-state index contributed by atoms with van der Waals surface area (Å²) in [5.74, 6) is 0.415. The molecule has 0 saturated carbocycles. The normalized spacial score (nSPS) is 12.5. The zero-order chi connectivity index (χ0) is 22.8. The average Bonchev–Trinajstić information content (AvgIpc) is 2.77. The molecule has 0 bridgehead atoms. The molecule has 1 atom stereocenters. The van der Waals surface area contributed by atoms with Gasteiger partial charge < -0.3 is 4.74 Å². The molecule has 0 aliphatic carbocycles.